The van der Waals surface area contributed by atoms with Gasteiger partial charge in [0.25, 0.3) is 5.91 Å². The first-order chi connectivity index (χ1) is 30.0. The SMILES string of the molecule is CC.CC(NC(=O)Nc1ccc(S(=O)(=O)Cc2ccc3c(c2)CNC3)c(C(=O)O)c1)c1ccccc1.CNC(=O)c1cc(NC(N)=O)ccc1S(=O)(=O)Cc1ccc2c(c1)CNC2. The summed E-state index contributed by atoms with van der Waals surface area (Å²) in [5, 5.41) is 26.2. The van der Waals surface area contributed by atoms with Gasteiger partial charge in [0.05, 0.1) is 38.5 Å². The van der Waals surface area contributed by atoms with Gasteiger partial charge in [-0.15, -0.1) is 0 Å². The molecule has 0 aromatic heterocycles. The predicted molar refractivity (Wildman–Crippen MR) is 241 cm³/mol. The molecule has 0 radical (unpaired) electrons. The van der Waals surface area contributed by atoms with Crippen molar-refractivity contribution in [3.63, 3.8) is 0 Å². The third-order valence-electron chi connectivity index (χ3n) is 10.0. The molecule has 5 amide bonds. The van der Waals surface area contributed by atoms with Crippen LogP contribution in [-0.4, -0.2) is 52.9 Å². The van der Waals surface area contributed by atoms with E-state index in [1.807, 2.05) is 75.4 Å². The maximum absolute atomic E-state index is 13.1. The lowest BCUT2D eigenvalue weighted by Gasteiger charge is -2.16. The van der Waals surface area contributed by atoms with Crippen LogP contribution in [0.2, 0.25) is 0 Å². The van der Waals surface area contributed by atoms with E-state index in [0.29, 0.717) is 24.2 Å². The third kappa shape index (κ3) is 12.3. The maximum atomic E-state index is 13.1. The zero-order valence-electron chi connectivity index (χ0n) is 35.2. The van der Waals surface area contributed by atoms with E-state index in [4.69, 9.17) is 5.73 Å². The molecule has 2 aliphatic rings. The molecule has 0 saturated heterocycles. The van der Waals surface area contributed by atoms with Crippen LogP contribution in [0.15, 0.2) is 113 Å². The Balaban J connectivity index is 0.000000234. The smallest absolute Gasteiger partial charge is 0.337 e. The van der Waals surface area contributed by atoms with Crippen LogP contribution in [0.1, 0.15) is 86.5 Å². The second-order valence-corrected chi connectivity index (χ2v) is 18.4. The largest absolute Gasteiger partial charge is 0.478 e. The second-order valence-electron chi connectivity index (χ2n) is 14.5. The summed E-state index contributed by atoms with van der Waals surface area (Å²) in [6.45, 7) is 8.73. The van der Waals surface area contributed by atoms with Crippen molar-refractivity contribution in [2.45, 2.75) is 74.3 Å². The van der Waals surface area contributed by atoms with Crippen molar-refractivity contribution in [1.29, 1.82) is 0 Å². The summed E-state index contributed by atoms with van der Waals surface area (Å²) >= 11 is 0. The highest BCUT2D eigenvalue weighted by Gasteiger charge is 2.26. The average molecular weight is 898 g/mol. The number of carboxylic acids is 1. The number of sulfone groups is 2. The zero-order chi connectivity index (χ0) is 45.9. The molecule has 5 aromatic carbocycles. The van der Waals surface area contributed by atoms with Gasteiger partial charge in [-0.3, -0.25) is 4.79 Å². The van der Waals surface area contributed by atoms with Gasteiger partial charge < -0.3 is 42.7 Å². The van der Waals surface area contributed by atoms with Gasteiger partial charge >= 0.3 is 18.0 Å². The Morgan fingerprint density at radius 3 is 1.62 bits per heavy atom. The molecule has 332 valence electrons. The number of primary amides is 1. The molecule has 0 fully saturated rings. The van der Waals surface area contributed by atoms with Crippen LogP contribution < -0.4 is 37.6 Å². The van der Waals surface area contributed by atoms with E-state index >= 15 is 0 Å². The number of fused-ring (bicyclic) bond motifs is 2. The summed E-state index contributed by atoms with van der Waals surface area (Å²) < 4.78 is 52.1. The van der Waals surface area contributed by atoms with Crippen molar-refractivity contribution in [3.05, 3.63) is 153 Å². The van der Waals surface area contributed by atoms with E-state index in [1.54, 1.807) is 12.1 Å². The van der Waals surface area contributed by atoms with Crippen LogP contribution in [0.4, 0.5) is 21.0 Å². The lowest BCUT2D eigenvalue weighted by molar-refractivity contribution is 0.0692. The summed E-state index contributed by atoms with van der Waals surface area (Å²) in [4.78, 5) is 47.1. The number of carbonyl (C=O) groups is 4. The Morgan fingerprint density at radius 2 is 1.13 bits per heavy atom. The minimum Gasteiger partial charge on any atom is -0.478 e. The van der Waals surface area contributed by atoms with Crippen molar-refractivity contribution in [2.75, 3.05) is 17.7 Å². The van der Waals surface area contributed by atoms with Gasteiger partial charge in [-0.25, -0.2) is 31.2 Å². The predicted octanol–water partition coefficient (Wildman–Crippen LogP) is 5.98. The zero-order valence-corrected chi connectivity index (χ0v) is 36.9. The summed E-state index contributed by atoms with van der Waals surface area (Å²) in [5.41, 5.74) is 11.6. The highest BCUT2D eigenvalue weighted by molar-refractivity contribution is 7.91. The number of nitrogens with one attached hydrogen (secondary N) is 6. The number of hydrogen-bond donors (Lipinski definition) is 8. The molecule has 0 bridgehead atoms. The summed E-state index contributed by atoms with van der Waals surface area (Å²) in [6, 6.07) is 26.6. The first-order valence-electron chi connectivity index (χ1n) is 20.0. The van der Waals surface area contributed by atoms with Crippen LogP contribution in [0.3, 0.4) is 0 Å². The Labute approximate surface area is 366 Å². The Kier molecular flexibility index (Phi) is 15.8. The van der Waals surface area contributed by atoms with Crippen LogP contribution >= 0.6 is 0 Å². The minimum absolute atomic E-state index is 0.0495. The van der Waals surface area contributed by atoms with Crippen LogP contribution in [0, 0.1) is 0 Å². The molecule has 7 rings (SSSR count). The number of anilines is 2. The maximum Gasteiger partial charge on any atom is 0.337 e. The fraction of sp³-hybridized carbons (Fsp3) is 0.244. The van der Waals surface area contributed by atoms with E-state index in [9.17, 15) is 41.1 Å². The number of benzene rings is 5. The molecular weight excluding hydrogens is 847 g/mol. The third-order valence-corrected chi connectivity index (χ3v) is 13.5. The first-order valence-corrected chi connectivity index (χ1v) is 23.3. The molecule has 63 heavy (non-hydrogen) atoms. The number of nitrogens with two attached hydrogens (primary N) is 1. The van der Waals surface area contributed by atoms with Crippen molar-refractivity contribution < 1.29 is 41.1 Å². The average Bonchev–Trinajstić information content (AvgIpc) is 3.93. The number of rotatable bonds is 12. The van der Waals surface area contributed by atoms with Crippen molar-refractivity contribution in [3.8, 4) is 0 Å². The molecule has 9 N–H and O–H groups in total. The number of carbonyl (C=O) groups excluding carboxylic acids is 3. The summed E-state index contributed by atoms with van der Waals surface area (Å²) in [7, 11) is -6.32. The Bertz CT molecular complexity index is 2730. The van der Waals surface area contributed by atoms with E-state index in [0.717, 1.165) is 47.0 Å². The first kappa shape index (κ1) is 47.4. The lowest BCUT2D eigenvalue weighted by Crippen LogP contribution is -2.31. The summed E-state index contributed by atoms with van der Waals surface area (Å²) in [5.74, 6) is -2.51. The van der Waals surface area contributed by atoms with Crippen LogP contribution in [0.5, 0.6) is 0 Å². The molecular formula is C45H51N7O9S2. The molecule has 1 unspecified atom stereocenters. The van der Waals surface area contributed by atoms with Crippen molar-refractivity contribution >= 4 is 55.0 Å². The monoisotopic (exact) mass is 897 g/mol. The number of hydrogen-bond acceptors (Lipinski definition) is 10. The second kappa shape index (κ2) is 21.0. The lowest BCUT2D eigenvalue weighted by atomic mass is 10.1. The van der Waals surface area contributed by atoms with Gasteiger partial charge in [-0.1, -0.05) is 80.6 Å². The molecule has 18 heteroatoms. The number of carboxylic acid groups (broad SMARTS) is 1. The quantitative estimate of drug-likeness (QED) is 0.0722. The molecule has 0 aliphatic carbocycles. The van der Waals surface area contributed by atoms with Crippen LogP contribution in [-0.2, 0) is 57.4 Å². The summed E-state index contributed by atoms with van der Waals surface area (Å²) in [6.07, 6.45) is 0. The van der Waals surface area contributed by atoms with E-state index in [-0.39, 0.29) is 44.3 Å². The standard InChI is InChI=1S/C25H25N3O5S.C18H20N4O4S.C2H6/c1-16(18-5-3-2-4-6-18)27-25(31)28-21-9-10-23(22(12-21)24(29)30)34(32,33)15-17-7-8-19-13-26-14-20(19)11-17;1-20-17(23)15-7-14(22-18(19)24)4-5-16(15)27(25,26)10-11-2-3-12-8-21-9-13(12)6-11;1-2/h2-12,16,26H,13-15H2,1H3,(H,29,30)(H2,27,28,31);2-7,21H,8-10H2,1H3,(H,20,23)(H3,19,22,24);1-2H3. The van der Waals surface area contributed by atoms with E-state index in [2.05, 4.69) is 31.9 Å². The molecule has 2 heterocycles. The molecule has 16 nitrogen and oxygen atoms in total. The van der Waals surface area contributed by atoms with Crippen molar-refractivity contribution in [2.24, 2.45) is 5.73 Å². The Hall–Kier alpha value is -6.60. The molecule has 0 saturated carbocycles. The van der Waals surface area contributed by atoms with Gasteiger partial charge in [0, 0.05) is 44.6 Å². The molecule has 2 aliphatic heterocycles. The molecule has 1 atom stereocenters. The van der Waals surface area contributed by atoms with Gasteiger partial charge in [-0.05, 0) is 82.3 Å². The van der Waals surface area contributed by atoms with E-state index in [1.165, 1.54) is 37.4 Å². The number of aromatic carboxylic acids is 1. The van der Waals surface area contributed by atoms with Gasteiger partial charge in [-0.2, -0.15) is 0 Å². The molecule has 5 aromatic rings. The highest BCUT2D eigenvalue weighted by Crippen LogP contribution is 2.28. The fourth-order valence-electron chi connectivity index (χ4n) is 7.04. The fourth-order valence-corrected chi connectivity index (χ4v) is 10.1. The normalized spacial score (nSPS) is 13.1. The van der Waals surface area contributed by atoms with Crippen LogP contribution in [0.25, 0.3) is 0 Å². The number of amides is 5. The van der Waals surface area contributed by atoms with E-state index < -0.39 is 49.2 Å². The number of urea groups is 2. The topological polar surface area (TPSA) is 255 Å². The Morgan fingerprint density at radius 1 is 0.651 bits per heavy atom. The molecule has 0 spiro atoms. The highest BCUT2D eigenvalue weighted by atomic mass is 32.2. The minimum atomic E-state index is -3.94. The van der Waals surface area contributed by atoms with Gasteiger partial charge in [0.1, 0.15) is 0 Å². The van der Waals surface area contributed by atoms with Gasteiger partial charge in [0.2, 0.25) is 0 Å². The van der Waals surface area contributed by atoms with Crippen molar-refractivity contribution in [1.82, 2.24) is 21.3 Å². The van der Waals surface area contributed by atoms with Gasteiger partial charge in [0.15, 0.2) is 19.7 Å².